The lowest BCUT2D eigenvalue weighted by molar-refractivity contribution is 0.432. The maximum Gasteiger partial charge on any atom is 0.0135 e. The van der Waals surface area contributed by atoms with Gasteiger partial charge in [0.05, 0.1) is 0 Å². The van der Waals surface area contributed by atoms with Crippen molar-refractivity contribution in [2.24, 2.45) is 5.92 Å². The van der Waals surface area contributed by atoms with E-state index in [1.807, 2.05) is 0 Å². The van der Waals surface area contributed by atoms with E-state index in [1.165, 1.54) is 29.7 Å². The maximum absolute atomic E-state index is 3.70. The van der Waals surface area contributed by atoms with Crippen LogP contribution in [-0.4, -0.2) is 17.8 Å². The van der Waals surface area contributed by atoms with Crippen molar-refractivity contribution in [2.45, 2.75) is 56.2 Å². The lowest BCUT2D eigenvalue weighted by Gasteiger charge is -2.22. The largest absolute Gasteiger partial charge is 0.314 e. The summed E-state index contributed by atoms with van der Waals surface area (Å²) in [4.78, 5) is 1.46. The van der Waals surface area contributed by atoms with E-state index in [1.54, 1.807) is 0 Å². The molecule has 0 saturated heterocycles. The van der Waals surface area contributed by atoms with Crippen molar-refractivity contribution in [3.8, 4) is 0 Å². The zero-order valence-corrected chi connectivity index (χ0v) is 12.6. The molecule has 1 aliphatic carbocycles. The van der Waals surface area contributed by atoms with E-state index in [4.69, 9.17) is 0 Å². The second-order valence-corrected chi connectivity index (χ2v) is 6.70. The van der Waals surface area contributed by atoms with E-state index in [9.17, 15) is 0 Å². The fraction of sp³-hybridized carbons (Fsp3) is 0.625. The molecular weight excluding hydrogens is 238 g/mol. The molecule has 1 aromatic rings. The Morgan fingerprint density at radius 1 is 1.28 bits per heavy atom. The average molecular weight is 263 g/mol. The van der Waals surface area contributed by atoms with Gasteiger partial charge in [-0.25, -0.2) is 0 Å². The SMILES string of the molecule is CCCNC1CCC(Sc2ccccc2C)C1C. The van der Waals surface area contributed by atoms with Crippen molar-refractivity contribution < 1.29 is 0 Å². The van der Waals surface area contributed by atoms with Crippen LogP contribution in [0.25, 0.3) is 0 Å². The summed E-state index contributed by atoms with van der Waals surface area (Å²) in [5, 5.41) is 4.48. The Morgan fingerprint density at radius 3 is 2.78 bits per heavy atom. The van der Waals surface area contributed by atoms with Gasteiger partial charge in [-0.2, -0.15) is 0 Å². The van der Waals surface area contributed by atoms with Crippen LogP contribution in [0.15, 0.2) is 29.2 Å². The Kier molecular flexibility index (Phi) is 5.13. The van der Waals surface area contributed by atoms with Gasteiger partial charge in [-0.05, 0) is 50.3 Å². The first-order valence-electron chi connectivity index (χ1n) is 7.18. The first-order valence-corrected chi connectivity index (χ1v) is 8.06. The Labute approximate surface area is 116 Å². The highest BCUT2D eigenvalue weighted by Crippen LogP contribution is 2.39. The molecule has 1 aliphatic rings. The van der Waals surface area contributed by atoms with Gasteiger partial charge in [0, 0.05) is 16.2 Å². The molecule has 1 aromatic carbocycles. The van der Waals surface area contributed by atoms with Crippen molar-refractivity contribution in [2.75, 3.05) is 6.54 Å². The zero-order chi connectivity index (χ0) is 13.0. The van der Waals surface area contributed by atoms with E-state index in [-0.39, 0.29) is 0 Å². The third kappa shape index (κ3) is 3.30. The van der Waals surface area contributed by atoms with Gasteiger partial charge in [-0.1, -0.05) is 32.0 Å². The van der Waals surface area contributed by atoms with Gasteiger partial charge in [0.25, 0.3) is 0 Å². The predicted molar refractivity (Wildman–Crippen MR) is 81.3 cm³/mol. The highest BCUT2D eigenvalue weighted by molar-refractivity contribution is 8.00. The number of nitrogens with one attached hydrogen (secondary N) is 1. The minimum absolute atomic E-state index is 0.728. The molecule has 0 amide bonds. The summed E-state index contributed by atoms with van der Waals surface area (Å²) in [6.45, 7) is 8.04. The molecule has 18 heavy (non-hydrogen) atoms. The van der Waals surface area contributed by atoms with Crippen LogP contribution in [0.2, 0.25) is 0 Å². The molecule has 0 aromatic heterocycles. The van der Waals surface area contributed by atoms with Gasteiger partial charge in [0.2, 0.25) is 0 Å². The van der Waals surface area contributed by atoms with Crippen LogP contribution in [0.4, 0.5) is 0 Å². The fourth-order valence-corrected chi connectivity index (χ4v) is 4.16. The molecule has 2 heteroatoms. The lowest BCUT2D eigenvalue weighted by Crippen LogP contribution is -2.33. The number of hydrogen-bond acceptors (Lipinski definition) is 2. The lowest BCUT2D eigenvalue weighted by atomic mass is 10.1. The summed E-state index contributed by atoms with van der Waals surface area (Å²) in [6, 6.07) is 9.49. The molecule has 100 valence electrons. The van der Waals surface area contributed by atoms with Crippen molar-refractivity contribution >= 4 is 11.8 Å². The molecule has 1 nitrogen and oxygen atoms in total. The van der Waals surface area contributed by atoms with E-state index in [2.05, 4.69) is 62.1 Å². The third-order valence-corrected chi connectivity index (χ3v) is 5.69. The van der Waals surface area contributed by atoms with Gasteiger partial charge in [-0.3, -0.25) is 0 Å². The molecule has 0 spiro atoms. The van der Waals surface area contributed by atoms with Crippen LogP contribution in [0, 0.1) is 12.8 Å². The highest BCUT2D eigenvalue weighted by Gasteiger charge is 2.32. The topological polar surface area (TPSA) is 12.0 Å². The van der Waals surface area contributed by atoms with Crippen molar-refractivity contribution in [3.05, 3.63) is 29.8 Å². The molecule has 3 atom stereocenters. The smallest absolute Gasteiger partial charge is 0.0135 e. The number of rotatable bonds is 5. The quantitative estimate of drug-likeness (QED) is 0.852. The molecule has 0 aliphatic heterocycles. The fourth-order valence-electron chi connectivity index (χ4n) is 2.76. The van der Waals surface area contributed by atoms with E-state index in [0.29, 0.717) is 0 Å². The van der Waals surface area contributed by atoms with Gasteiger partial charge in [0.1, 0.15) is 0 Å². The Hall–Kier alpha value is -0.470. The summed E-state index contributed by atoms with van der Waals surface area (Å²) in [6.07, 6.45) is 3.92. The summed E-state index contributed by atoms with van der Waals surface area (Å²) < 4.78 is 0. The van der Waals surface area contributed by atoms with Gasteiger partial charge in [0.15, 0.2) is 0 Å². The molecule has 1 fully saturated rings. The van der Waals surface area contributed by atoms with E-state index < -0.39 is 0 Å². The first-order chi connectivity index (χ1) is 8.72. The molecule has 2 rings (SSSR count). The van der Waals surface area contributed by atoms with Gasteiger partial charge < -0.3 is 5.32 Å². The van der Waals surface area contributed by atoms with Crippen LogP contribution in [-0.2, 0) is 0 Å². The van der Waals surface area contributed by atoms with Crippen molar-refractivity contribution in [1.82, 2.24) is 5.32 Å². The molecule has 0 radical (unpaired) electrons. The standard InChI is InChI=1S/C16H25NS/c1-4-11-17-14-9-10-16(13(14)3)18-15-8-6-5-7-12(15)2/h5-8,13-14,16-17H,4,9-11H2,1-3H3. The van der Waals surface area contributed by atoms with Crippen LogP contribution in [0.1, 0.15) is 38.7 Å². The van der Waals surface area contributed by atoms with Gasteiger partial charge >= 0.3 is 0 Å². The van der Waals surface area contributed by atoms with E-state index in [0.717, 1.165) is 23.8 Å². The minimum Gasteiger partial charge on any atom is -0.314 e. The van der Waals surface area contributed by atoms with Crippen LogP contribution in [0.3, 0.4) is 0 Å². The minimum atomic E-state index is 0.728. The summed E-state index contributed by atoms with van der Waals surface area (Å²) >= 11 is 2.08. The maximum atomic E-state index is 3.70. The summed E-state index contributed by atoms with van der Waals surface area (Å²) in [5.41, 5.74) is 1.42. The van der Waals surface area contributed by atoms with Gasteiger partial charge in [-0.15, -0.1) is 11.8 Å². The monoisotopic (exact) mass is 263 g/mol. The summed E-state index contributed by atoms with van der Waals surface area (Å²) in [7, 11) is 0. The molecular formula is C16H25NS. The zero-order valence-electron chi connectivity index (χ0n) is 11.8. The number of thioether (sulfide) groups is 1. The van der Waals surface area contributed by atoms with Crippen LogP contribution < -0.4 is 5.32 Å². The molecule has 1 saturated carbocycles. The second kappa shape index (κ2) is 6.63. The number of benzene rings is 1. The summed E-state index contributed by atoms with van der Waals surface area (Å²) in [5.74, 6) is 0.779. The van der Waals surface area contributed by atoms with Crippen LogP contribution in [0.5, 0.6) is 0 Å². The van der Waals surface area contributed by atoms with E-state index >= 15 is 0 Å². The molecule has 0 heterocycles. The molecule has 1 N–H and O–H groups in total. The Balaban J connectivity index is 1.93. The number of hydrogen-bond donors (Lipinski definition) is 1. The third-order valence-electron chi connectivity index (χ3n) is 4.01. The molecule has 0 bridgehead atoms. The van der Waals surface area contributed by atoms with Crippen molar-refractivity contribution in [3.63, 3.8) is 0 Å². The number of aryl methyl sites for hydroxylation is 1. The average Bonchev–Trinajstić information content (AvgIpc) is 2.71. The normalized spacial score (nSPS) is 27.6. The van der Waals surface area contributed by atoms with Crippen molar-refractivity contribution in [1.29, 1.82) is 0 Å². The Morgan fingerprint density at radius 2 is 2.06 bits per heavy atom. The second-order valence-electron chi connectivity index (χ2n) is 5.42. The first kappa shape index (κ1) is 14.0. The highest BCUT2D eigenvalue weighted by atomic mass is 32.2. The molecule has 3 unspecified atom stereocenters. The predicted octanol–water partition coefficient (Wildman–Crippen LogP) is 4.25. The Bertz CT molecular complexity index is 377. The van der Waals surface area contributed by atoms with Crippen LogP contribution >= 0.6 is 11.8 Å².